The Morgan fingerprint density at radius 2 is 1.39 bits per heavy atom. The summed E-state index contributed by atoms with van der Waals surface area (Å²) in [6.45, 7) is 4.29. The fourth-order valence-electron chi connectivity index (χ4n) is 3.36. The summed E-state index contributed by atoms with van der Waals surface area (Å²) in [5.74, 6) is -1.62. The first kappa shape index (κ1) is 24.1. The average Bonchev–Trinajstić information content (AvgIpc) is 2.80. The van der Waals surface area contributed by atoms with Gasteiger partial charge in [-0.15, -0.1) is 0 Å². The van der Waals surface area contributed by atoms with E-state index in [-0.39, 0.29) is 5.56 Å². The van der Waals surface area contributed by atoms with Crippen LogP contribution in [-0.2, 0) is 9.53 Å². The molecule has 0 unspecified atom stereocenters. The van der Waals surface area contributed by atoms with Gasteiger partial charge in [0.05, 0.1) is 13.2 Å². The number of hydrogen-bond acceptors (Lipinski definition) is 3. The van der Waals surface area contributed by atoms with Gasteiger partial charge < -0.3 is 9.47 Å². The zero-order valence-electron chi connectivity index (χ0n) is 18.2. The Kier molecular flexibility index (Phi) is 8.70. The molecular formula is C27H25F3O3. The van der Waals surface area contributed by atoms with Crippen molar-refractivity contribution in [2.75, 3.05) is 13.2 Å². The Bertz CT molecular complexity index is 1070. The molecule has 0 saturated carbocycles. The molecule has 6 heteroatoms. The number of esters is 1. The van der Waals surface area contributed by atoms with Crippen molar-refractivity contribution in [1.29, 1.82) is 0 Å². The molecule has 0 heterocycles. The molecule has 0 saturated heterocycles. The smallest absolute Gasteiger partial charge is 0.330 e. The normalized spacial score (nSPS) is 10.6. The van der Waals surface area contributed by atoms with E-state index in [9.17, 15) is 18.0 Å². The molecule has 172 valence electrons. The van der Waals surface area contributed by atoms with E-state index in [1.165, 1.54) is 18.2 Å². The predicted octanol–water partition coefficient (Wildman–Crippen LogP) is 7.11. The molecule has 0 amide bonds. The number of hydrogen-bond donors (Lipinski definition) is 0. The molecule has 0 fully saturated rings. The van der Waals surface area contributed by atoms with E-state index in [1.807, 2.05) is 0 Å². The van der Waals surface area contributed by atoms with E-state index >= 15 is 0 Å². The zero-order chi connectivity index (χ0) is 23.6. The van der Waals surface area contributed by atoms with E-state index in [4.69, 9.17) is 9.47 Å². The predicted molar refractivity (Wildman–Crippen MR) is 122 cm³/mol. The van der Waals surface area contributed by atoms with Gasteiger partial charge in [0.1, 0.15) is 23.2 Å². The van der Waals surface area contributed by atoms with Gasteiger partial charge in [0.2, 0.25) is 0 Å². The maximum Gasteiger partial charge on any atom is 0.330 e. The van der Waals surface area contributed by atoms with Crippen molar-refractivity contribution in [2.24, 2.45) is 0 Å². The van der Waals surface area contributed by atoms with Gasteiger partial charge >= 0.3 is 5.97 Å². The van der Waals surface area contributed by atoms with Crippen LogP contribution in [0, 0.1) is 17.5 Å². The third kappa shape index (κ3) is 7.24. The molecule has 0 radical (unpaired) electrons. The van der Waals surface area contributed by atoms with Crippen molar-refractivity contribution in [3.05, 3.63) is 90.8 Å². The number of carbonyl (C=O) groups is 1. The minimum Gasteiger partial charge on any atom is -0.494 e. The summed E-state index contributed by atoms with van der Waals surface area (Å²) in [7, 11) is 0. The Morgan fingerprint density at radius 3 is 2.03 bits per heavy atom. The second kappa shape index (κ2) is 11.9. The highest BCUT2D eigenvalue weighted by Crippen LogP contribution is 2.30. The van der Waals surface area contributed by atoms with Crippen molar-refractivity contribution in [3.63, 3.8) is 0 Å². The Labute approximate surface area is 191 Å². The van der Waals surface area contributed by atoms with Gasteiger partial charge in [0.25, 0.3) is 0 Å². The van der Waals surface area contributed by atoms with Gasteiger partial charge in [-0.25, -0.2) is 18.0 Å². The van der Waals surface area contributed by atoms with Gasteiger partial charge in [-0.05, 0) is 72.7 Å². The van der Waals surface area contributed by atoms with Crippen LogP contribution in [0.1, 0.15) is 25.7 Å². The summed E-state index contributed by atoms with van der Waals surface area (Å²) >= 11 is 0. The van der Waals surface area contributed by atoms with Crippen LogP contribution in [0.15, 0.2) is 73.3 Å². The summed E-state index contributed by atoms with van der Waals surface area (Å²) in [5, 5.41) is 0. The highest BCUT2D eigenvalue weighted by atomic mass is 19.1. The van der Waals surface area contributed by atoms with Gasteiger partial charge in [-0.1, -0.05) is 30.8 Å². The van der Waals surface area contributed by atoms with Crippen LogP contribution in [0.4, 0.5) is 13.2 Å². The van der Waals surface area contributed by atoms with E-state index in [2.05, 4.69) is 6.58 Å². The van der Waals surface area contributed by atoms with E-state index in [0.29, 0.717) is 35.7 Å². The fraction of sp³-hybridized carbons (Fsp3) is 0.222. The molecule has 0 aliphatic carbocycles. The number of halogens is 3. The van der Waals surface area contributed by atoms with Crippen LogP contribution < -0.4 is 4.74 Å². The van der Waals surface area contributed by atoms with E-state index < -0.39 is 23.4 Å². The molecule has 3 nitrogen and oxygen atoms in total. The first-order valence-corrected chi connectivity index (χ1v) is 10.7. The Hall–Kier alpha value is -3.54. The summed E-state index contributed by atoms with van der Waals surface area (Å²) < 4.78 is 52.3. The van der Waals surface area contributed by atoms with Crippen molar-refractivity contribution >= 4 is 5.97 Å². The van der Waals surface area contributed by atoms with Crippen molar-refractivity contribution in [3.8, 4) is 28.0 Å². The van der Waals surface area contributed by atoms with E-state index in [1.54, 1.807) is 36.4 Å². The fourth-order valence-corrected chi connectivity index (χ4v) is 3.36. The zero-order valence-corrected chi connectivity index (χ0v) is 18.2. The SMILES string of the molecule is C=CC(=O)OCCCCCCOc1ccc(-c2ccc(-c3cc(F)cc(F)c3)cc2F)cc1. The topological polar surface area (TPSA) is 35.5 Å². The number of rotatable bonds is 11. The molecule has 3 aromatic carbocycles. The molecule has 0 aliphatic heterocycles. The van der Waals surface area contributed by atoms with Gasteiger partial charge in [0.15, 0.2) is 0 Å². The summed E-state index contributed by atoms with van der Waals surface area (Å²) in [5.41, 5.74) is 1.73. The monoisotopic (exact) mass is 454 g/mol. The van der Waals surface area contributed by atoms with E-state index in [0.717, 1.165) is 37.8 Å². The maximum atomic E-state index is 14.7. The first-order chi connectivity index (χ1) is 16.0. The van der Waals surface area contributed by atoms with Crippen LogP contribution in [0.2, 0.25) is 0 Å². The van der Waals surface area contributed by atoms with Crippen molar-refractivity contribution < 1.29 is 27.4 Å². The molecule has 0 aliphatic rings. The second-order valence-electron chi connectivity index (χ2n) is 7.51. The molecule has 0 aromatic heterocycles. The molecule has 0 bridgehead atoms. The minimum atomic E-state index is -0.709. The summed E-state index contributed by atoms with van der Waals surface area (Å²) in [4.78, 5) is 10.9. The quantitative estimate of drug-likeness (QED) is 0.176. The Balaban J connectivity index is 1.49. The lowest BCUT2D eigenvalue weighted by molar-refractivity contribution is -0.137. The number of carbonyl (C=O) groups excluding carboxylic acids is 1. The molecule has 3 aromatic rings. The van der Waals surface area contributed by atoms with Crippen molar-refractivity contribution in [1.82, 2.24) is 0 Å². The Morgan fingerprint density at radius 1 is 0.758 bits per heavy atom. The third-order valence-electron chi connectivity index (χ3n) is 5.05. The molecule has 0 atom stereocenters. The summed E-state index contributed by atoms with van der Waals surface area (Å²) in [6, 6.07) is 14.7. The highest BCUT2D eigenvalue weighted by molar-refractivity contribution is 5.81. The number of unbranched alkanes of at least 4 members (excludes halogenated alkanes) is 3. The third-order valence-corrected chi connectivity index (χ3v) is 5.05. The lowest BCUT2D eigenvalue weighted by atomic mass is 9.99. The minimum absolute atomic E-state index is 0.277. The molecule has 0 spiro atoms. The average molecular weight is 454 g/mol. The van der Waals surface area contributed by atoms with Gasteiger partial charge in [-0.3, -0.25) is 0 Å². The molecule has 3 rings (SSSR count). The standard InChI is InChI=1S/C27H25F3O3/c1-2-27(31)33-14-6-4-3-5-13-32-24-10-7-19(8-11-24)25-12-9-20(17-26(25)30)21-15-22(28)18-23(29)16-21/h2,7-12,15-18H,1,3-6,13-14H2. The van der Waals surface area contributed by atoms with Crippen LogP contribution in [-0.4, -0.2) is 19.2 Å². The molecular weight excluding hydrogens is 429 g/mol. The second-order valence-corrected chi connectivity index (χ2v) is 7.51. The van der Waals surface area contributed by atoms with Gasteiger partial charge in [0, 0.05) is 17.7 Å². The van der Waals surface area contributed by atoms with Crippen LogP contribution in [0.5, 0.6) is 5.75 Å². The summed E-state index contributed by atoms with van der Waals surface area (Å²) in [6.07, 6.45) is 4.71. The molecule has 0 N–H and O–H groups in total. The number of ether oxygens (including phenoxy) is 2. The highest BCUT2D eigenvalue weighted by Gasteiger charge is 2.10. The molecule has 33 heavy (non-hydrogen) atoms. The lowest BCUT2D eigenvalue weighted by Gasteiger charge is -2.10. The largest absolute Gasteiger partial charge is 0.494 e. The first-order valence-electron chi connectivity index (χ1n) is 10.7. The lowest BCUT2D eigenvalue weighted by Crippen LogP contribution is -2.02. The van der Waals surface area contributed by atoms with Crippen molar-refractivity contribution in [2.45, 2.75) is 25.7 Å². The maximum absolute atomic E-state index is 14.7. The van der Waals surface area contributed by atoms with Crippen LogP contribution in [0.3, 0.4) is 0 Å². The van der Waals surface area contributed by atoms with Crippen LogP contribution in [0.25, 0.3) is 22.3 Å². The van der Waals surface area contributed by atoms with Gasteiger partial charge in [-0.2, -0.15) is 0 Å². The number of benzene rings is 3. The van der Waals surface area contributed by atoms with Crippen LogP contribution >= 0.6 is 0 Å².